The first-order chi connectivity index (χ1) is 7.82. The van der Waals surface area contributed by atoms with Crippen molar-refractivity contribution in [2.24, 2.45) is 5.41 Å². The van der Waals surface area contributed by atoms with Crippen LogP contribution in [0.3, 0.4) is 0 Å². The molecule has 1 unspecified atom stereocenters. The summed E-state index contributed by atoms with van der Waals surface area (Å²) < 4.78 is 26.6. The van der Waals surface area contributed by atoms with Gasteiger partial charge in [-0.15, -0.1) is 0 Å². The highest BCUT2D eigenvalue weighted by molar-refractivity contribution is 5.26. The van der Waals surface area contributed by atoms with Gasteiger partial charge in [0.05, 0.1) is 5.60 Å². The van der Waals surface area contributed by atoms with Crippen LogP contribution in [0.2, 0.25) is 0 Å². The molecule has 0 heterocycles. The normalized spacial score (nSPS) is 28.1. The van der Waals surface area contributed by atoms with Crippen LogP contribution < -0.4 is 0 Å². The van der Waals surface area contributed by atoms with E-state index in [9.17, 15) is 13.9 Å². The van der Waals surface area contributed by atoms with Crippen molar-refractivity contribution < 1.29 is 13.9 Å². The van der Waals surface area contributed by atoms with Crippen LogP contribution in [0.4, 0.5) is 8.78 Å². The Morgan fingerprint density at radius 1 is 1.18 bits per heavy atom. The van der Waals surface area contributed by atoms with Crippen LogP contribution in [0.15, 0.2) is 18.2 Å². The van der Waals surface area contributed by atoms with Crippen molar-refractivity contribution in [3.05, 3.63) is 35.4 Å². The Morgan fingerprint density at radius 3 is 2.47 bits per heavy atom. The second-order valence-corrected chi connectivity index (χ2v) is 5.85. The van der Waals surface area contributed by atoms with E-state index in [4.69, 9.17) is 0 Å². The molecule has 2 rings (SSSR count). The fourth-order valence-electron chi connectivity index (χ4n) is 2.92. The Hall–Kier alpha value is -0.960. The summed E-state index contributed by atoms with van der Waals surface area (Å²) in [7, 11) is 0. The summed E-state index contributed by atoms with van der Waals surface area (Å²) in [6.45, 7) is 4.14. The van der Waals surface area contributed by atoms with Gasteiger partial charge in [-0.2, -0.15) is 0 Å². The predicted octanol–water partition coefficient (Wildman–Crippen LogP) is 3.75. The van der Waals surface area contributed by atoms with E-state index < -0.39 is 17.2 Å². The van der Waals surface area contributed by atoms with E-state index in [1.54, 1.807) is 0 Å². The molecule has 1 aliphatic carbocycles. The summed E-state index contributed by atoms with van der Waals surface area (Å²) in [6.07, 6.45) is 2.94. The van der Waals surface area contributed by atoms with Gasteiger partial charge in [-0.3, -0.25) is 0 Å². The third-order valence-corrected chi connectivity index (χ3v) is 3.65. The van der Waals surface area contributed by atoms with Crippen LogP contribution in [-0.4, -0.2) is 5.11 Å². The summed E-state index contributed by atoms with van der Waals surface area (Å²) in [4.78, 5) is 0. The third kappa shape index (κ3) is 2.49. The largest absolute Gasteiger partial charge is 0.385 e. The Kier molecular flexibility index (Phi) is 2.98. The van der Waals surface area contributed by atoms with Crippen molar-refractivity contribution in [2.75, 3.05) is 0 Å². The number of aliphatic hydroxyl groups is 1. The first-order valence-corrected chi connectivity index (χ1v) is 6.00. The maximum Gasteiger partial charge on any atom is 0.132 e. The molecule has 1 saturated carbocycles. The van der Waals surface area contributed by atoms with E-state index in [1.807, 2.05) is 0 Å². The molecule has 1 atom stereocenters. The van der Waals surface area contributed by atoms with Crippen molar-refractivity contribution in [1.82, 2.24) is 0 Å². The minimum atomic E-state index is -1.15. The van der Waals surface area contributed by atoms with Crippen LogP contribution >= 0.6 is 0 Å². The number of halogens is 2. The molecular weight excluding hydrogens is 222 g/mol. The lowest BCUT2D eigenvalue weighted by atomic mass is 9.67. The Labute approximate surface area is 100 Å². The molecular formula is C14H18F2O. The van der Waals surface area contributed by atoms with Gasteiger partial charge in [0.15, 0.2) is 0 Å². The molecule has 0 aromatic heterocycles. The quantitative estimate of drug-likeness (QED) is 0.792. The molecule has 0 saturated heterocycles. The van der Waals surface area contributed by atoms with Crippen LogP contribution in [0, 0.1) is 17.0 Å². The maximum absolute atomic E-state index is 13.7. The van der Waals surface area contributed by atoms with Gasteiger partial charge in [0, 0.05) is 11.6 Å². The molecule has 3 heteroatoms. The van der Waals surface area contributed by atoms with Crippen LogP contribution in [0.25, 0.3) is 0 Å². The summed E-state index contributed by atoms with van der Waals surface area (Å²) >= 11 is 0. The zero-order valence-electron chi connectivity index (χ0n) is 10.3. The molecule has 1 N–H and O–H groups in total. The molecule has 0 radical (unpaired) electrons. The summed E-state index contributed by atoms with van der Waals surface area (Å²) in [6, 6.07) is 3.42. The molecule has 1 aromatic rings. The van der Waals surface area contributed by atoms with Crippen molar-refractivity contribution in [2.45, 2.75) is 45.1 Å². The lowest BCUT2D eigenvalue weighted by Crippen LogP contribution is -2.37. The highest BCUT2D eigenvalue weighted by atomic mass is 19.1. The number of hydrogen-bond acceptors (Lipinski definition) is 1. The predicted molar refractivity (Wildman–Crippen MR) is 62.5 cm³/mol. The fraction of sp³-hybridized carbons (Fsp3) is 0.571. The molecule has 17 heavy (non-hydrogen) atoms. The van der Waals surface area contributed by atoms with Crippen LogP contribution in [-0.2, 0) is 5.60 Å². The summed E-state index contributed by atoms with van der Waals surface area (Å²) in [5.41, 5.74) is -0.931. The number of benzene rings is 1. The highest BCUT2D eigenvalue weighted by Gasteiger charge is 2.41. The lowest BCUT2D eigenvalue weighted by molar-refractivity contribution is -0.0465. The third-order valence-electron chi connectivity index (χ3n) is 3.65. The van der Waals surface area contributed by atoms with E-state index in [0.29, 0.717) is 12.8 Å². The second kappa shape index (κ2) is 4.05. The van der Waals surface area contributed by atoms with Gasteiger partial charge in [-0.1, -0.05) is 19.9 Å². The number of rotatable bonds is 1. The molecule has 0 bridgehead atoms. The number of hydrogen-bond donors (Lipinski definition) is 1. The average molecular weight is 240 g/mol. The van der Waals surface area contributed by atoms with Crippen molar-refractivity contribution in [3.63, 3.8) is 0 Å². The Morgan fingerprint density at radius 2 is 1.88 bits per heavy atom. The van der Waals surface area contributed by atoms with Gasteiger partial charge in [-0.25, -0.2) is 8.78 Å². The molecule has 1 aromatic carbocycles. The van der Waals surface area contributed by atoms with Gasteiger partial charge in [0.2, 0.25) is 0 Å². The van der Waals surface area contributed by atoms with Crippen molar-refractivity contribution >= 4 is 0 Å². The second-order valence-electron chi connectivity index (χ2n) is 5.85. The van der Waals surface area contributed by atoms with Crippen LogP contribution in [0.5, 0.6) is 0 Å². The van der Waals surface area contributed by atoms with E-state index in [2.05, 4.69) is 13.8 Å². The topological polar surface area (TPSA) is 20.2 Å². The molecule has 1 fully saturated rings. The molecule has 1 aliphatic rings. The minimum absolute atomic E-state index is 0.00612. The minimum Gasteiger partial charge on any atom is -0.385 e. The van der Waals surface area contributed by atoms with E-state index in [1.165, 1.54) is 12.1 Å². The van der Waals surface area contributed by atoms with E-state index >= 15 is 0 Å². The van der Waals surface area contributed by atoms with Gasteiger partial charge < -0.3 is 5.11 Å². The highest BCUT2D eigenvalue weighted by Crippen LogP contribution is 2.46. The van der Waals surface area contributed by atoms with Crippen LogP contribution in [0.1, 0.15) is 45.1 Å². The molecule has 1 nitrogen and oxygen atoms in total. The van der Waals surface area contributed by atoms with Gasteiger partial charge in [0.25, 0.3) is 0 Å². The maximum atomic E-state index is 13.7. The van der Waals surface area contributed by atoms with Crippen molar-refractivity contribution in [3.8, 4) is 0 Å². The zero-order valence-corrected chi connectivity index (χ0v) is 10.3. The fourth-order valence-corrected chi connectivity index (χ4v) is 2.92. The molecule has 0 amide bonds. The van der Waals surface area contributed by atoms with E-state index in [0.717, 1.165) is 18.9 Å². The van der Waals surface area contributed by atoms with Crippen molar-refractivity contribution in [1.29, 1.82) is 0 Å². The first kappa shape index (κ1) is 12.5. The first-order valence-electron chi connectivity index (χ1n) is 6.00. The molecule has 0 aliphatic heterocycles. The standard InChI is InChI=1S/C14H18F2O/c1-13(2)6-3-7-14(17,9-13)11-5-4-10(15)8-12(11)16/h4-5,8,17H,3,6-7,9H2,1-2H3. The van der Waals surface area contributed by atoms with Gasteiger partial charge in [-0.05, 0) is 37.2 Å². The smallest absolute Gasteiger partial charge is 0.132 e. The summed E-state index contributed by atoms with van der Waals surface area (Å²) in [5.74, 6) is -1.25. The van der Waals surface area contributed by atoms with Gasteiger partial charge in [0.1, 0.15) is 11.6 Å². The lowest BCUT2D eigenvalue weighted by Gasteiger charge is -2.41. The molecule has 0 spiro atoms. The van der Waals surface area contributed by atoms with Gasteiger partial charge >= 0.3 is 0 Å². The Bertz CT molecular complexity index is 428. The SMILES string of the molecule is CC1(C)CCCC(O)(c2ccc(F)cc2F)C1. The zero-order chi connectivity index (χ0) is 12.7. The molecule has 94 valence electrons. The monoisotopic (exact) mass is 240 g/mol. The Balaban J connectivity index is 2.37. The van der Waals surface area contributed by atoms with E-state index in [-0.39, 0.29) is 11.0 Å². The average Bonchev–Trinajstić information content (AvgIpc) is 2.14. The summed E-state index contributed by atoms with van der Waals surface area (Å²) in [5, 5.41) is 10.6.